The molecule has 0 N–H and O–H groups in total. The third kappa shape index (κ3) is 3.53. The average molecular weight is 343 g/mol. The fourth-order valence-corrected chi connectivity index (χ4v) is 3.70. The maximum Gasteiger partial charge on any atom is 0.278 e. The van der Waals surface area contributed by atoms with Gasteiger partial charge in [0.15, 0.2) is 0 Å². The molecular formula is C18H21N3O2S. The topological polar surface area (TPSA) is 55.2 Å². The number of aromatic nitrogens is 2. The van der Waals surface area contributed by atoms with Crippen LogP contribution in [-0.4, -0.2) is 28.0 Å². The number of unbranched alkanes of at least 4 members (excludes halogenated alkanes) is 1. The molecule has 0 aliphatic carbocycles. The van der Waals surface area contributed by atoms with E-state index >= 15 is 0 Å². The number of carbonyl (C=O) groups excluding carboxylic acids is 1. The van der Waals surface area contributed by atoms with E-state index in [1.165, 1.54) is 16.8 Å². The van der Waals surface area contributed by atoms with Gasteiger partial charge in [0, 0.05) is 24.1 Å². The Morgan fingerprint density at radius 3 is 2.92 bits per heavy atom. The molecule has 0 fully saturated rings. The molecule has 1 aliphatic rings. The third-order valence-corrected chi connectivity index (χ3v) is 5.14. The van der Waals surface area contributed by atoms with Gasteiger partial charge in [0.2, 0.25) is 0 Å². The molecule has 0 unspecified atom stereocenters. The molecule has 24 heavy (non-hydrogen) atoms. The molecule has 0 atom stereocenters. The van der Waals surface area contributed by atoms with Crippen LogP contribution in [-0.2, 0) is 6.54 Å². The van der Waals surface area contributed by atoms with E-state index in [9.17, 15) is 9.59 Å². The van der Waals surface area contributed by atoms with E-state index in [4.69, 9.17) is 0 Å². The maximum absolute atomic E-state index is 13.0. The molecule has 126 valence electrons. The lowest BCUT2D eigenvalue weighted by atomic mass is 10.2. The number of nitrogens with zero attached hydrogens (tertiary/aromatic N) is 3. The summed E-state index contributed by atoms with van der Waals surface area (Å²) in [6.07, 6.45) is 2.78. The van der Waals surface area contributed by atoms with Crippen LogP contribution in [0, 0.1) is 0 Å². The van der Waals surface area contributed by atoms with Crippen LogP contribution in [0.15, 0.2) is 46.1 Å². The molecule has 5 nitrogen and oxygen atoms in total. The van der Waals surface area contributed by atoms with Crippen LogP contribution in [0.1, 0.15) is 36.7 Å². The van der Waals surface area contributed by atoms with Crippen molar-refractivity contribution in [2.45, 2.75) is 37.6 Å². The summed E-state index contributed by atoms with van der Waals surface area (Å²) >= 11 is 1.77. The van der Waals surface area contributed by atoms with E-state index in [-0.39, 0.29) is 11.5 Å². The minimum Gasteiger partial charge on any atom is -0.306 e. The Kier molecular flexibility index (Phi) is 5.35. The van der Waals surface area contributed by atoms with E-state index < -0.39 is 0 Å². The predicted octanol–water partition coefficient (Wildman–Crippen LogP) is 3.19. The minimum atomic E-state index is -0.160. The first-order valence-corrected chi connectivity index (χ1v) is 9.31. The van der Waals surface area contributed by atoms with Crippen LogP contribution >= 0.6 is 11.8 Å². The van der Waals surface area contributed by atoms with E-state index in [0.717, 1.165) is 35.6 Å². The smallest absolute Gasteiger partial charge is 0.278 e. The number of aryl methyl sites for hydroxylation is 1. The molecule has 1 aromatic heterocycles. The lowest BCUT2D eigenvalue weighted by molar-refractivity contribution is 0.0979. The van der Waals surface area contributed by atoms with Gasteiger partial charge in [-0.3, -0.25) is 9.59 Å². The van der Waals surface area contributed by atoms with Crippen LogP contribution in [0.25, 0.3) is 0 Å². The van der Waals surface area contributed by atoms with Gasteiger partial charge in [-0.2, -0.15) is 5.10 Å². The van der Waals surface area contributed by atoms with Gasteiger partial charge in [-0.1, -0.05) is 25.5 Å². The van der Waals surface area contributed by atoms with Crippen molar-refractivity contribution in [3.63, 3.8) is 0 Å². The van der Waals surface area contributed by atoms with Gasteiger partial charge in [-0.05, 0) is 36.8 Å². The van der Waals surface area contributed by atoms with Gasteiger partial charge in [-0.15, -0.1) is 11.8 Å². The molecule has 2 heterocycles. The van der Waals surface area contributed by atoms with E-state index in [0.29, 0.717) is 18.8 Å². The highest BCUT2D eigenvalue weighted by molar-refractivity contribution is 7.99. The van der Waals surface area contributed by atoms with Crippen molar-refractivity contribution in [1.29, 1.82) is 0 Å². The predicted molar refractivity (Wildman–Crippen MR) is 96.9 cm³/mol. The highest BCUT2D eigenvalue weighted by Gasteiger charge is 2.23. The molecule has 0 saturated heterocycles. The Morgan fingerprint density at radius 2 is 2.08 bits per heavy atom. The van der Waals surface area contributed by atoms with Gasteiger partial charge in [0.1, 0.15) is 5.69 Å². The van der Waals surface area contributed by atoms with Gasteiger partial charge in [-0.25, -0.2) is 4.68 Å². The molecule has 6 heteroatoms. The Balaban J connectivity index is 1.93. The number of hydrogen-bond donors (Lipinski definition) is 0. The van der Waals surface area contributed by atoms with Gasteiger partial charge in [0.05, 0.1) is 5.69 Å². The summed E-state index contributed by atoms with van der Waals surface area (Å²) in [4.78, 5) is 27.8. The van der Waals surface area contributed by atoms with Crippen LogP contribution in [0.2, 0.25) is 0 Å². The highest BCUT2D eigenvalue weighted by Crippen LogP contribution is 2.34. The second-order valence-corrected chi connectivity index (χ2v) is 6.90. The van der Waals surface area contributed by atoms with Crippen LogP contribution < -0.4 is 10.5 Å². The molecule has 3 rings (SSSR count). The monoisotopic (exact) mass is 343 g/mol. The Morgan fingerprint density at radius 1 is 1.25 bits per heavy atom. The summed E-state index contributed by atoms with van der Waals surface area (Å²) in [6, 6.07) is 10.9. The molecule has 0 saturated carbocycles. The number of carbonyl (C=O) groups is 1. The number of fused-ring (bicyclic) bond motifs is 1. The number of thioether (sulfide) groups is 1. The Labute approximate surface area is 145 Å². The Bertz CT molecular complexity index is 788. The zero-order valence-corrected chi connectivity index (χ0v) is 14.6. The first-order valence-electron chi connectivity index (χ1n) is 8.32. The summed E-state index contributed by atoms with van der Waals surface area (Å²) in [5.74, 6) is 0.847. The molecule has 0 spiro atoms. The third-order valence-electron chi connectivity index (χ3n) is 3.99. The second kappa shape index (κ2) is 7.66. The maximum atomic E-state index is 13.0. The largest absolute Gasteiger partial charge is 0.306 e. The average Bonchev–Trinajstić information content (AvgIpc) is 2.83. The van der Waals surface area contributed by atoms with Gasteiger partial charge < -0.3 is 4.90 Å². The first-order chi connectivity index (χ1) is 11.7. The Hall–Kier alpha value is -2.08. The molecule has 0 bridgehead atoms. The summed E-state index contributed by atoms with van der Waals surface area (Å²) in [5, 5.41) is 4.29. The highest BCUT2D eigenvalue weighted by atomic mass is 32.2. The SMILES string of the molecule is CCCCn1nc(C(=O)N2CCCSc3ccccc32)ccc1=O. The molecule has 0 radical (unpaired) electrons. The van der Waals surface area contributed by atoms with Crippen molar-refractivity contribution in [2.75, 3.05) is 17.2 Å². The van der Waals surface area contributed by atoms with Crippen LogP contribution in [0.3, 0.4) is 0 Å². The fourth-order valence-electron chi connectivity index (χ4n) is 2.71. The second-order valence-electron chi connectivity index (χ2n) is 5.76. The zero-order valence-electron chi connectivity index (χ0n) is 13.8. The number of para-hydroxylation sites is 1. The van der Waals surface area contributed by atoms with E-state index in [1.807, 2.05) is 24.3 Å². The lowest BCUT2D eigenvalue weighted by Gasteiger charge is -2.22. The lowest BCUT2D eigenvalue weighted by Crippen LogP contribution is -2.34. The minimum absolute atomic E-state index is 0.143. The number of benzene rings is 1. The van der Waals surface area contributed by atoms with Gasteiger partial charge >= 0.3 is 0 Å². The molecule has 2 aromatic rings. The summed E-state index contributed by atoms with van der Waals surface area (Å²) in [6.45, 7) is 3.27. The quantitative estimate of drug-likeness (QED) is 0.855. The molecule has 1 aliphatic heterocycles. The molecular weight excluding hydrogens is 322 g/mol. The first kappa shape index (κ1) is 16.8. The number of rotatable bonds is 4. The molecule has 1 aromatic carbocycles. The van der Waals surface area contributed by atoms with E-state index in [2.05, 4.69) is 12.0 Å². The number of hydrogen-bond acceptors (Lipinski definition) is 4. The van der Waals surface area contributed by atoms with Crippen LogP contribution in [0.5, 0.6) is 0 Å². The molecule has 1 amide bonds. The standard InChI is InChI=1S/C18H21N3O2S/c1-2-3-12-21-17(22)10-9-14(19-21)18(23)20-11-6-13-24-16-8-5-4-7-15(16)20/h4-5,7-10H,2-3,6,11-13H2,1H3. The number of amides is 1. The van der Waals surface area contributed by atoms with Gasteiger partial charge in [0.25, 0.3) is 11.5 Å². The van der Waals surface area contributed by atoms with Crippen molar-refractivity contribution in [1.82, 2.24) is 9.78 Å². The van der Waals surface area contributed by atoms with Crippen LogP contribution in [0.4, 0.5) is 5.69 Å². The summed E-state index contributed by atoms with van der Waals surface area (Å²) in [7, 11) is 0. The van der Waals surface area contributed by atoms with Crippen molar-refractivity contribution in [2.24, 2.45) is 0 Å². The normalized spacial score (nSPS) is 14.1. The zero-order chi connectivity index (χ0) is 16.9. The summed E-state index contributed by atoms with van der Waals surface area (Å²) in [5.41, 5.74) is 1.09. The summed E-state index contributed by atoms with van der Waals surface area (Å²) < 4.78 is 1.40. The van der Waals surface area contributed by atoms with Crippen molar-refractivity contribution < 1.29 is 4.79 Å². The number of anilines is 1. The van der Waals surface area contributed by atoms with Crippen molar-refractivity contribution in [3.05, 3.63) is 52.4 Å². The fraction of sp³-hybridized carbons (Fsp3) is 0.389. The van der Waals surface area contributed by atoms with E-state index in [1.54, 1.807) is 16.7 Å². The van der Waals surface area contributed by atoms with Crippen molar-refractivity contribution in [3.8, 4) is 0 Å². The van der Waals surface area contributed by atoms with Crippen molar-refractivity contribution >= 4 is 23.4 Å².